The minimum Gasteiger partial charge on any atom is -0.322 e. The van der Waals surface area contributed by atoms with Crippen LogP contribution in [0, 0.1) is 0 Å². The molecule has 0 aliphatic carbocycles. The summed E-state index contributed by atoms with van der Waals surface area (Å²) in [6.45, 7) is 0. The van der Waals surface area contributed by atoms with Crippen LogP contribution in [-0.2, 0) is 0 Å². The lowest BCUT2D eigenvalue weighted by molar-refractivity contribution is 0.102. The van der Waals surface area contributed by atoms with Gasteiger partial charge in [-0.15, -0.1) is 0 Å². The van der Waals surface area contributed by atoms with E-state index in [2.05, 4.69) is 15.3 Å². The largest absolute Gasteiger partial charge is 0.322 e. The molecule has 0 fully saturated rings. The molecule has 2 rings (SSSR count). The molecule has 2 heterocycles. The number of pyridine rings is 2. The average Bonchev–Trinajstić information content (AvgIpc) is 2.29. The Hall–Kier alpha value is -1.65. The van der Waals surface area contributed by atoms with Crippen molar-refractivity contribution in [3.63, 3.8) is 0 Å². The predicted molar refractivity (Wildman–Crippen MR) is 66.4 cm³/mol. The van der Waals surface area contributed by atoms with Gasteiger partial charge in [0.05, 0.1) is 10.6 Å². The molecule has 2 aromatic rings. The first-order valence-electron chi connectivity index (χ1n) is 4.69. The van der Waals surface area contributed by atoms with E-state index in [0.29, 0.717) is 21.4 Å². The fraction of sp³-hybridized carbons (Fsp3) is 0. The lowest BCUT2D eigenvalue weighted by atomic mass is 10.2. The molecule has 0 radical (unpaired) electrons. The Balaban J connectivity index is 2.20. The number of amides is 1. The van der Waals surface area contributed by atoms with Gasteiger partial charge in [-0.3, -0.25) is 9.78 Å². The molecule has 6 heteroatoms. The zero-order chi connectivity index (χ0) is 12.3. The van der Waals surface area contributed by atoms with Crippen LogP contribution in [-0.4, -0.2) is 15.9 Å². The summed E-state index contributed by atoms with van der Waals surface area (Å²) in [6.07, 6.45) is 4.42. The molecule has 4 nitrogen and oxygen atoms in total. The monoisotopic (exact) mass is 267 g/mol. The zero-order valence-electron chi connectivity index (χ0n) is 8.52. The van der Waals surface area contributed by atoms with Crippen LogP contribution in [0.15, 0.2) is 36.8 Å². The van der Waals surface area contributed by atoms with Crippen molar-refractivity contribution in [1.29, 1.82) is 0 Å². The first kappa shape index (κ1) is 11.8. The summed E-state index contributed by atoms with van der Waals surface area (Å²) < 4.78 is 0. The van der Waals surface area contributed by atoms with E-state index in [0.717, 1.165) is 0 Å². The molecule has 0 saturated heterocycles. The summed E-state index contributed by atoms with van der Waals surface area (Å²) in [5.41, 5.74) is 0.858. The van der Waals surface area contributed by atoms with Crippen LogP contribution < -0.4 is 5.32 Å². The lowest BCUT2D eigenvalue weighted by Gasteiger charge is -2.05. The average molecular weight is 268 g/mol. The number of carbonyl (C=O) groups is 1. The van der Waals surface area contributed by atoms with Crippen molar-refractivity contribution >= 4 is 34.8 Å². The first-order chi connectivity index (χ1) is 8.16. The number of hydrogen-bond acceptors (Lipinski definition) is 3. The van der Waals surface area contributed by atoms with E-state index in [-0.39, 0.29) is 5.91 Å². The Morgan fingerprint density at radius 1 is 1.24 bits per heavy atom. The molecule has 0 aliphatic heterocycles. The van der Waals surface area contributed by atoms with Gasteiger partial charge in [-0.1, -0.05) is 23.2 Å². The topological polar surface area (TPSA) is 54.9 Å². The molecule has 17 heavy (non-hydrogen) atoms. The summed E-state index contributed by atoms with van der Waals surface area (Å²) in [5.74, 6) is -0.342. The maximum atomic E-state index is 11.8. The first-order valence-corrected chi connectivity index (χ1v) is 5.45. The van der Waals surface area contributed by atoms with E-state index in [4.69, 9.17) is 23.2 Å². The van der Waals surface area contributed by atoms with Gasteiger partial charge in [-0.2, -0.15) is 0 Å². The molecule has 2 aromatic heterocycles. The maximum Gasteiger partial charge on any atom is 0.258 e. The third-order valence-corrected chi connectivity index (χ3v) is 2.53. The van der Waals surface area contributed by atoms with Gasteiger partial charge in [0.15, 0.2) is 0 Å². The maximum absolute atomic E-state index is 11.8. The number of aromatic nitrogens is 2. The van der Waals surface area contributed by atoms with E-state index in [1.807, 2.05) is 0 Å². The summed E-state index contributed by atoms with van der Waals surface area (Å²) in [7, 11) is 0. The molecule has 0 unspecified atom stereocenters. The van der Waals surface area contributed by atoms with E-state index in [1.165, 1.54) is 18.6 Å². The summed E-state index contributed by atoms with van der Waals surface area (Å²) in [4.78, 5) is 19.5. The minimum atomic E-state index is -0.342. The second kappa shape index (κ2) is 5.12. The molecule has 0 spiro atoms. The van der Waals surface area contributed by atoms with E-state index >= 15 is 0 Å². The smallest absolute Gasteiger partial charge is 0.258 e. The molecule has 0 bridgehead atoms. The SMILES string of the molecule is O=C(Nc1ccnc(Cl)c1)c1cnccc1Cl. The summed E-state index contributed by atoms with van der Waals surface area (Å²) in [5, 5.41) is 3.30. The highest BCUT2D eigenvalue weighted by atomic mass is 35.5. The quantitative estimate of drug-likeness (QED) is 0.851. The molecule has 0 aliphatic rings. The van der Waals surface area contributed by atoms with Crippen LogP contribution in [0.5, 0.6) is 0 Å². The van der Waals surface area contributed by atoms with E-state index in [1.54, 1.807) is 18.2 Å². The van der Waals surface area contributed by atoms with Crippen LogP contribution in [0.3, 0.4) is 0 Å². The second-order valence-corrected chi connectivity index (χ2v) is 3.97. The van der Waals surface area contributed by atoms with Gasteiger partial charge in [0.25, 0.3) is 5.91 Å². The van der Waals surface area contributed by atoms with Crippen molar-refractivity contribution in [3.8, 4) is 0 Å². The molecular formula is C11H7Cl2N3O. The highest BCUT2D eigenvalue weighted by Gasteiger charge is 2.10. The van der Waals surface area contributed by atoms with Crippen molar-refractivity contribution in [3.05, 3.63) is 52.5 Å². The van der Waals surface area contributed by atoms with Crippen molar-refractivity contribution in [1.82, 2.24) is 9.97 Å². The number of halogens is 2. The molecule has 1 amide bonds. The number of nitrogens with zero attached hydrogens (tertiary/aromatic N) is 2. The standard InChI is InChI=1S/C11H7Cl2N3O/c12-9-2-3-14-6-8(9)11(17)16-7-1-4-15-10(13)5-7/h1-6H,(H,15,16,17). The fourth-order valence-corrected chi connectivity index (χ4v) is 1.59. The number of rotatable bonds is 2. The van der Waals surface area contributed by atoms with Gasteiger partial charge < -0.3 is 5.32 Å². The summed E-state index contributed by atoms with van der Waals surface area (Å²) >= 11 is 11.6. The van der Waals surface area contributed by atoms with Gasteiger partial charge in [0, 0.05) is 24.3 Å². The predicted octanol–water partition coefficient (Wildman–Crippen LogP) is 3.04. The zero-order valence-corrected chi connectivity index (χ0v) is 10.0. The third-order valence-electron chi connectivity index (χ3n) is 2.00. The van der Waals surface area contributed by atoms with E-state index < -0.39 is 0 Å². The van der Waals surface area contributed by atoms with Gasteiger partial charge in [0.2, 0.25) is 0 Å². The van der Waals surface area contributed by atoms with Crippen molar-refractivity contribution in [2.24, 2.45) is 0 Å². The van der Waals surface area contributed by atoms with E-state index in [9.17, 15) is 4.79 Å². The minimum absolute atomic E-state index is 0.306. The van der Waals surface area contributed by atoms with Gasteiger partial charge in [-0.25, -0.2) is 4.98 Å². The van der Waals surface area contributed by atoms with Crippen molar-refractivity contribution in [2.45, 2.75) is 0 Å². The molecule has 0 aromatic carbocycles. The van der Waals surface area contributed by atoms with Crippen LogP contribution in [0.25, 0.3) is 0 Å². The van der Waals surface area contributed by atoms with Crippen molar-refractivity contribution in [2.75, 3.05) is 5.32 Å². The Kier molecular flexibility index (Phi) is 3.56. The molecule has 86 valence electrons. The van der Waals surface area contributed by atoms with Crippen LogP contribution in [0.1, 0.15) is 10.4 Å². The second-order valence-electron chi connectivity index (χ2n) is 3.18. The van der Waals surface area contributed by atoms with Gasteiger partial charge >= 0.3 is 0 Å². The molecule has 0 atom stereocenters. The Labute approximate surface area is 108 Å². The summed E-state index contributed by atoms with van der Waals surface area (Å²) in [6, 6.07) is 4.73. The lowest BCUT2D eigenvalue weighted by Crippen LogP contribution is -2.12. The number of anilines is 1. The molecule has 0 saturated carbocycles. The van der Waals surface area contributed by atoms with Gasteiger partial charge in [-0.05, 0) is 18.2 Å². The highest BCUT2D eigenvalue weighted by Crippen LogP contribution is 2.17. The molecule has 1 N–H and O–H groups in total. The normalized spacial score (nSPS) is 10.0. The van der Waals surface area contributed by atoms with Crippen LogP contribution >= 0.6 is 23.2 Å². The third kappa shape index (κ3) is 2.93. The Morgan fingerprint density at radius 3 is 2.76 bits per heavy atom. The Bertz CT molecular complexity index is 560. The Morgan fingerprint density at radius 2 is 2.06 bits per heavy atom. The number of carbonyl (C=O) groups excluding carboxylic acids is 1. The van der Waals surface area contributed by atoms with Crippen LogP contribution in [0.4, 0.5) is 5.69 Å². The fourth-order valence-electron chi connectivity index (χ4n) is 1.22. The van der Waals surface area contributed by atoms with Crippen LogP contribution in [0.2, 0.25) is 10.2 Å². The molecular weight excluding hydrogens is 261 g/mol. The van der Waals surface area contributed by atoms with Crippen molar-refractivity contribution < 1.29 is 4.79 Å². The number of nitrogens with one attached hydrogen (secondary N) is 1. The van der Waals surface area contributed by atoms with Gasteiger partial charge in [0.1, 0.15) is 5.15 Å². The number of hydrogen-bond donors (Lipinski definition) is 1. The highest BCUT2D eigenvalue weighted by molar-refractivity contribution is 6.34.